The lowest BCUT2D eigenvalue weighted by atomic mass is 9.97. The van der Waals surface area contributed by atoms with Crippen LogP contribution in [0.4, 0.5) is 15.8 Å². The Morgan fingerprint density at radius 1 is 0.905 bits per heavy atom. The molecule has 11 heteroatoms. The van der Waals surface area contributed by atoms with Gasteiger partial charge in [0.05, 0.1) is 10.6 Å². The van der Waals surface area contributed by atoms with Crippen LogP contribution in [0.3, 0.4) is 0 Å². The van der Waals surface area contributed by atoms with Crippen molar-refractivity contribution in [2.75, 3.05) is 62.2 Å². The van der Waals surface area contributed by atoms with Gasteiger partial charge in [-0.25, -0.2) is 12.8 Å². The molecule has 2 saturated heterocycles. The second kappa shape index (κ2) is 11.9. The van der Waals surface area contributed by atoms with E-state index in [2.05, 4.69) is 15.1 Å². The fourth-order valence-corrected chi connectivity index (χ4v) is 8.06. The molecular weight excluding hydrogens is 557 g/mol. The van der Waals surface area contributed by atoms with Crippen molar-refractivity contribution >= 4 is 33.2 Å². The number of hydrogen-bond donors (Lipinski definition) is 1. The molecular formula is C31H40FN5O4S. The first-order chi connectivity index (χ1) is 20.2. The first-order valence-corrected chi connectivity index (χ1v) is 16.6. The number of nitrogens with zero attached hydrogens (tertiary/aromatic N) is 4. The van der Waals surface area contributed by atoms with Crippen LogP contribution in [0.5, 0.6) is 0 Å². The number of hydrogen-bond acceptors (Lipinski definition) is 6. The molecule has 3 heterocycles. The number of benzene rings is 2. The highest BCUT2D eigenvalue weighted by Crippen LogP contribution is 2.40. The van der Waals surface area contributed by atoms with Crippen LogP contribution in [-0.2, 0) is 26.0 Å². The summed E-state index contributed by atoms with van der Waals surface area (Å²) >= 11 is 0. The Balaban J connectivity index is 0.959. The number of fused-ring (bicyclic) bond motifs is 1. The number of para-hydroxylation sites is 1. The van der Waals surface area contributed by atoms with Crippen molar-refractivity contribution in [1.29, 1.82) is 0 Å². The van der Waals surface area contributed by atoms with Gasteiger partial charge in [0.15, 0.2) is 0 Å². The molecule has 3 aliphatic heterocycles. The quantitative estimate of drug-likeness (QED) is 0.503. The maximum absolute atomic E-state index is 14.1. The van der Waals surface area contributed by atoms with Crippen LogP contribution in [-0.4, -0.2) is 87.8 Å². The maximum Gasteiger partial charge on any atom is 0.243 e. The van der Waals surface area contributed by atoms with E-state index < -0.39 is 10.0 Å². The smallest absolute Gasteiger partial charge is 0.243 e. The third kappa shape index (κ3) is 5.91. The Hall–Kier alpha value is -3.02. The van der Waals surface area contributed by atoms with Gasteiger partial charge in [0.2, 0.25) is 21.8 Å². The normalized spacial score (nSPS) is 22.3. The minimum absolute atomic E-state index is 0.0241. The van der Waals surface area contributed by atoms with Crippen LogP contribution in [0.25, 0.3) is 0 Å². The summed E-state index contributed by atoms with van der Waals surface area (Å²) in [6.45, 7) is 6.96. The molecule has 0 unspecified atom stereocenters. The van der Waals surface area contributed by atoms with Crippen molar-refractivity contribution in [3.05, 3.63) is 53.8 Å². The summed E-state index contributed by atoms with van der Waals surface area (Å²) in [6, 6.07) is 12.0. The van der Waals surface area contributed by atoms with E-state index in [9.17, 15) is 22.4 Å². The van der Waals surface area contributed by atoms with E-state index in [4.69, 9.17) is 0 Å². The van der Waals surface area contributed by atoms with Crippen molar-refractivity contribution in [2.24, 2.45) is 11.8 Å². The van der Waals surface area contributed by atoms with Gasteiger partial charge in [0, 0.05) is 75.9 Å². The monoisotopic (exact) mass is 597 g/mol. The minimum atomic E-state index is -3.69. The molecule has 3 fully saturated rings. The lowest BCUT2D eigenvalue weighted by Gasteiger charge is -2.36. The molecule has 2 amide bonds. The van der Waals surface area contributed by atoms with E-state index in [1.165, 1.54) is 10.4 Å². The minimum Gasteiger partial charge on any atom is -0.367 e. The summed E-state index contributed by atoms with van der Waals surface area (Å²) in [7, 11) is -3.69. The molecule has 9 nitrogen and oxygen atoms in total. The Morgan fingerprint density at radius 2 is 1.62 bits per heavy atom. The van der Waals surface area contributed by atoms with Crippen LogP contribution in [0.15, 0.2) is 47.4 Å². The molecule has 6 rings (SSSR count). The second-order valence-corrected chi connectivity index (χ2v) is 14.0. The average molecular weight is 598 g/mol. The van der Waals surface area contributed by atoms with Crippen molar-refractivity contribution in [1.82, 2.24) is 14.5 Å². The summed E-state index contributed by atoms with van der Waals surface area (Å²) in [5.41, 5.74) is 2.37. The highest BCUT2D eigenvalue weighted by Gasteiger charge is 2.40. The van der Waals surface area contributed by atoms with Crippen molar-refractivity contribution in [3.63, 3.8) is 0 Å². The lowest BCUT2D eigenvalue weighted by molar-refractivity contribution is -0.126. The third-order valence-corrected chi connectivity index (χ3v) is 11.1. The van der Waals surface area contributed by atoms with E-state index in [1.54, 1.807) is 30.3 Å². The number of rotatable bonds is 8. The van der Waals surface area contributed by atoms with Crippen LogP contribution < -0.4 is 15.1 Å². The van der Waals surface area contributed by atoms with Gasteiger partial charge in [-0.3, -0.25) is 14.5 Å². The summed E-state index contributed by atoms with van der Waals surface area (Å²) in [6.07, 6.45) is 3.50. The molecule has 2 aromatic rings. The number of halogens is 1. The number of nitrogens with one attached hydrogen (secondary N) is 1. The van der Waals surface area contributed by atoms with E-state index in [0.29, 0.717) is 44.6 Å². The van der Waals surface area contributed by atoms with Crippen LogP contribution >= 0.6 is 0 Å². The zero-order chi connectivity index (χ0) is 29.4. The Morgan fingerprint density at radius 3 is 2.31 bits per heavy atom. The zero-order valence-electron chi connectivity index (χ0n) is 24.2. The Bertz CT molecular complexity index is 1430. The van der Waals surface area contributed by atoms with Crippen LogP contribution in [0.1, 0.15) is 38.2 Å². The van der Waals surface area contributed by atoms with Gasteiger partial charge >= 0.3 is 0 Å². The van der Waals surface area contributed by atoms with E-state index in [-0.39, 0.29) is 40.4 Å². The van der Waals surface area contributed by atoms with Crippen LogP contribution in [0, 0.1) is 17.7 Å². The average Bonchev–Trinajstić information content (AvgIpc) is 3.79. The fourth-order valence-electron chi connectivity index (χ4n) is 6.54. The van der Waals surface area contributed by atoms with Gasteiger partial charge in [0.25, 0.3) is 0 Å². The Labute approximate surface area is 247 Å². The molecule has 226 valence electrons. The molecule has 1 N–H and O–H groups in total. The number of anilines is 2. The van der Waals surface area contributed by atoms with E-state index in [1.807, 2.05) is 17.9 Å². The number of amides is 2. The second-order valence-electron chi connectivity index (χ2n) is 12.1. The largest absolute Gasteiger partial charge is 0.367 e. The highest BCUT2D eigenvalue weighted by atomic mass is 32.2. The zero-order valence-corrected chi connectivity index (χ0v) is 25.0. The fraction of sp³-hybridized carbons (Fsp3) is 0.548. The highest BCUT2D eigenvalue weighted by molar-refractivity contribution is 7.89. The SMILES string of the molecule is C[C@H]1Cc2cc(S(=O)(=O)N3CCC(C(=O)NCCN4CCN(c5ccccc5F)CC4)CC3)ccc2N1C(=O)C1CC1. The molecule has 0 radical (unpaired) electrons. The summed E-state index contributed by atoms with van der Waals surface area (Å²) in [4.78, 5) is 32.1. The molecule has 1 saturated carbocycles. The molecule has 0 aromatic heterocycles. The van der Waals surface area contributed by atoms with Gasteiger partial charge < -0.3 is 15.1 Å². The van der Waals surface area contributed by atoms with Gasteiger partial charge in [-0.1, -0.05) is 12.1 Å². The molecule has 1 aliphatic carbocycles. The predicted octanol–water partition coefficient (Wildman–Crippen LogP) is 2.85. The molecule has 0 spiro atoms. The number of carbonyl (C=O) groups excluding carboxylic acids is 2. The van der Waals surface area contributed by atoms with Crippen molar-refractivity contribution in [2.45, 2.75) is 50.0 Å². The first-order valence-electron chi connectivity index (χ1n) is 15.2. The van der Waals surface area contributed by atoms with Crippen molar-refractivity contribution < 1.29 is 22.4 Å². The van der Waals surface area contributed by atoms with Gasteiger partial charge in [0.1, 0.15) is 5.82 Å². The number of sulfonamides is 1. The third-order valence-electron chi connectivity index (χ3n) is 9.19. The molecule has 0 bridgehead atoms. The molecule has 1 atom stereocenters. The Kier molecular flexibility index (Phi) is 8.26. The van der Waals surface area contributed by atoms with Gasteiger partial charge in [-0.15, -0.1) is 0 Å². The van der Waals surface area contributed by atoms with Gasteiger partial charge in [-0.05, 0) is 74.9 Å². The standard InChI is InChI=1S/C31H40FN5O4S/c1-22-20-25-21-26(8-9-28(25)37(22)31(39)24-6-7-24)42(40,41)36-13-10-23(11-14-36)30(38)33-12-15-34-16-18-35(19-17-34)29-5-3-2-4-27(29)32/h2-5,8-9,21-24H,6-7,10-20H2,1H3,(H,33,38)/t22-/m0/s1. The summed E-state index contributed by atoms with van der Waals surface area (Å²) < 4.78 is 42.5. The first kappa shape index (κ1) is 29.1. The summed E-state index contributed by atoms with van der Waals surface area (Å²) in [5, 5.41) is 3.04. The molecule has 2 aromatic carbocycles. The van der Waals surface area contributed by atoms with E-state index >= 15 is 0 Å². The maximum atomic E-state index is 14.1. The van der Waals surface area contributed by atoms with Crippen LogP contribution in [0.2, 0.25) is 0 Å². The molecule has 4 aliphatic rings. The lowest BCUT2D eigenvalue weighted by Crippen LogP contribution is -2.49. The van der Waals surface area contributed by atoms with E-state index in [0.717, 1.165) is 56.8 Å². The topological polar surface area (TPSA) is 93.3 Å². The number of piperidine rings is 1. The number of carbonyl (C=O) groups is 2. The predicted molar refractivity (Wildman–Crippen MR) is 159 cm³/mol. The van der Waals surface area contributed by atoms with Crippen molar-refractivity contribution in [3.8, 4) is 0 Å². The summed E-state index contributed by atoms with van der Waals surface area (Å²) in [5.74, 6) is -0.170. The molecule has 42 heavy (non-hydrogen) atoms. The number of piperazine rings is 1. The van der Waals surface area contributed by atoms with Gasteiger partial charge in [-0.2, -0.15) is 4.31 Å².